The zero-order valence-electron chi connectivity index (χ0n) is 10.8. The second-order valence-electron chi connectivity index (χ2n) is 4.01. The van der Waals surface area contributed by atoms with E-state index in [9.17, 15) is 4.79 Å². The van der Waals surface area contributed by atoms with Crippen molar-refractivity contribution in [2.75, 3.05) is 11.6 Å². The summed E-state index contributed by atoms with van der Waals surface area (Å²) < 4.78 is 1.11. The highest BCUT2D eigenvalue weighted by Crippen LogP contribution is 2.30. The van der Waals surface area contributed by atoms with Crippen LogP contribution in [0.15, 0.2) is 22.4 Å². The van der Waals surface area contributed by atoms with E-state index in [1.54, 1.807) is 23.9 Å². The molecule has 100 valence electrons. The van der Waals surface area contributed by atoms with Crippen LogP contribution in [0.25, 0.3) is 0 Å². The Hall–Kier alpha value is -1.04. The third-order valence-electron chi connectivity index (χ3n) is 2.59. The minimum atomic E-state index is -0.191. The maximum absolute atomic E-state index is 12.1. The zero-order valence-corrected chi connectivity index (χ0v) is 13.2. The Morgan fingerprint density at radius 2 is 2.16 bits per heavy atom. The van der Waals surface area contributed by atoms with Crippen molar-refractivity contribution in [2.45, 2.75) is 18.1 Å². The summed E-state index contributed by atoms with van der Waals surface area (Å²) in [5.74, 6) is -0.191. The van der Waals surface area contributed by atoms with E-state index >= 15 is 0 Å². The third kappa shape index (κ3) is 3.29. The number of hydrogen-bond acceptors (Lipinski definition) is 4. The molecule has 0 aliphatic rings. The Kier molecular flexibility index (Phi) is 4.50. The predicted octanol–water partition coefficient (Wildman–Crippen LogP) is 4.39. The van der Waals surface area contributed by atoms with Gasteiger partial charge in [0.25, 0.3) is 5.91 Å². The molecule has 0 unspecified atom stereocenters. The maximum Gasteiger partial charge on any atom is 0.257 e. The molecule has 0 saturated heterocycles. The monoisotopic (exact) mass is 312 g/mol. The van der Waals surface area contributed by atoms with Crippen molar-refractivity contribution in [3.63, 3.8) is 0 Å². The van der Waals surface area contributed by atoms with Gasteiger partial charge in [-0.1, -0.05) is 29.0 Å². The lowest BCUT2D eigenvalue weighted by atomic mass is 10.1. The van der Waals surface area contributed by atoms with Gasteiger partial charge in [-0.2, -0.15) is 0 Å². The van der Waals surface area contributed by atoms with E-state index in [0.29, 0.717) is 15.7 Å². The number of nitrogens with one attached hydrogen (secondary N) is 1. The number of rotatable bonds is 3. The highest BCUT2D eigenvalue weighted by molar-refractivity contribution is 8.00. The molecule has 6 heteroatoms. The van der Waals surface area contributed by atoms with Gasteiger partial charge in [0.15, 0.2) is 5.13 Å². The van der Waals surface area contributed by atoms with Gasteiger partial charge in [0.2, 0.25) is 0 Å². The molecule has 19 heavy (non-hydrogen) atoms. The van der Waals surface area contributed by atoms with Gasteiger partial charge < -0.3 is 0 Å². The number of anilines is 1. The zero-order chi connectivity index (χ0) is 14.0. The fourth-order valence-corrected chi connectivity index (χ4v) is 3.32. The van der Waals surface area contributed by atoms with Gasteiger partial charge in [0.1, 0.15) is 0 Å². The molecule has 2 aromatic rings. The molecule has 0 bridgehead atoms. The molecule has 0 aliphatic carbocycles. The predicted molar refractivity (Wildman–Crippen MR) is 82.8 cm³/mol. The van der Waals surface area contributed by atoms with Crippen LogP contribution in [0, 0.1) is 13.8 Å². The molecular formula is C13H13ClN2OS2. The number of aryl methyl sites for hydroxylation is 2. The number of halogens is 1. The van der Waals surface area contributed by atoms with E-state index in [2.05, 4.69) is 10.3 Å². The van der Waals surface area contributed by atoms with Gasteiger partial charge in [-0.15, -0.1) is 11.8 Å². The fraction of sp³-hybridized carbons (Fsp3) is 0.231. The SMILES string of the molecule is CSc1sc(NC(=O)c2ccc(C)c(Cl)c2)nc1C. The topological polar surface area (TPSA) is 42.0 Å². The first kappa shape index (κ1) is 14.4. The molecule has 0 atom stereocenters. The van der Waals surface area contributed by atoms with Crippen LogP contribution in [0.3, 0.4) is 0 Å². The van der Waals surface area contributed by atoms with Crippen LogP contribution < -0.4 is 5.32 Å². The van der Waals surface area contributed by atoms with Gasteiger partial charge in [0.05, 0.1) is 9.90 Å². The molecule has 2 rings (SSSR count). The summed E-state index contributed by atoms with van der Waals surface area (Å²) in [6, 6.07) is 5.26. The molecule has 1 amide bonds. The van der Waals surface area contributed by atoms with Crippen LogP contribution in [0.4, 0.5) is 5.13 Å². The summed E-state index contributed by atoms with van der Waals surface area (Å²) in [7, 11) is 0. The van der Waals surface area contributed by atoms with Crippen molar-refractivity contribution in [1.29, 1.82) is 0 Å². The highest BCUT2D eigenvalue weighted by Gasteiger charge is 2.12. The van der Waals surface area contributed by atoms with Gasteiger partial charge in [-0.05, 0) is 37.8 Å². The van der Waals surface area contributed by atoms with Crippen LogP contribution in [0.2, 0.25) is 5.02 Å². The van der Waals surface area contributed by atoms with Crippen molar-refractivity contribution in [3.8, 4) is 0 Å². The lowest BCUT2D eigenvalue weighted by Crippen LogP contribution is -2.11. The number of amides is 1. The number of thiazole rings is 1. The molecule has 1 N–H and O–H groups in total. The van der Waals surface area contributed by atoms with Crippen molar-refractivity contribution >= 4 is 45.7 Å². The minimum absolute atomic E-state index is 0.191. The molecule has 1 aromatic carbocycles. The second kappa shape index (κ2) is 5.94. The molecule has 0 radical (unpaired) electrons. The number of benzene rings is 1. The Morgan fingerprint density at radius 3 is 2.74 bits per heavy atom. The molecule has 1 aromatic heterocycles. The number of hydrogen-bond donors (Lipinski definition) is 1. The normalized spacial score (nSPS) is 10.5. The summed E-state index contributed by atoms with van der Waals surface area (Å²) in [4.78, 5) is 16.4. The average Bonchev–Trinajstić information content (AvgIpc) is 2.72. The van der Waals surface area contributed by atoms with Crippen LogP contribution in [0.1, 0.15) is 21.6 Å². The maximum atomic E-state index is 12.1. The Balaban J connectivity index is 2.18. The first-order valence-corrected chi connectivity index (χ1v) is 8.02. The second-order valence-corrected chi connectivity index (χ2v) is 6.50. The van der Waals surface area contributed by atoms with Crippen molar-refractivity contribution in [1.82, 2.24) is 4.98 Å². The summed E-state index contributed by atoms with van der Waals surface area (Å²) >= 11 is 9.12. The number of carbonyl (C=O) groups excluding carboxylic acids is 1. The minimum Gasteiger partial charge on any atom is -0.298 e. The third-order valence-corrected chi connectivity index (χ3v) is 5.28. The van der Waals surface area contributed by atoms with Crippen LogP contribution in [0.5, 0.6) is 0 Å². The largest absolute Gasteiger partial charge is 0.298 e. The van der Waals surface area contributed by atoms with E-state index < -0.39 is 0 Å². The van der Waals surface area contributed by atoms with Crippen molar-refractivity contribution in [2.24, 2.45) is 0 Å². The summed E-state index contributed by atoms with van der Waals surface area (Å²) in [6.45, 7) is 3.83. The lowest BCUT2D eigenvalue weighted by molar-refractivity contribution is 0.102. The van der Waals surface area contributed by atoms with E-state index in [4.69, 9.17) is 11.6 Å². The molecule has 0 spiro atoms. The molecule has 0 saturated carbocycles. The Morgan fingerprint density at radius 1 is 1.42 bits per heavy atom. The molecular weight excluding hydrogens is 300 g/mol. The Bertz CT molecular complexity index is 625. The smallest absolute Gasteiger partial charge is 0.257 e. The molecule has 0 fully saturated rings. The highest BCUT2D eigenvalue weighted by atomic mass is 35.5. The standard InChI is InChI=1S/C13H13ClN2OS2/c1-7-4-5-9(6-10(7)14)11(17)16-13-15-8(2)12(18-3)19-13/h4-6H,1-3H3,(H,15,16,17). The van der Waals surface area contributed by atoms with Gasteiger partial charge >= 0.3 is 0 Å². The van der Waals surface area contributed by atoms with Crippen molar-refractivity contribution < 1.29 is 4.79 Å². The quantitative estimate of drug-likeness (QED) is 0.855. The van der Waals surface area contributed by atoms with E-state index in [-0.39, 0.29) is 5.91 Å². The van der Waals surface area contributed by atoms with E-state index in [1.807, 2.05) is 26.2 Å². The van der Waals surface area contributed by atoms with Crippen LogP contribution in [-0.2, 0) is 0 Å². The Labute approximate surface area is 125 Å². The van der Waals surface area contributed by atoms with Crippen LogP contribution in [-0.4, -0.2) is 17.1 Å². The van der Waals surface area contributed by atoms with Gasteiger partial charge in [-0.3, -0.25) is 10.1 Å². The lowest BCUT2D eigenvalue weighted by Gasteiger charge is -2.03. The van der Waals surface area contributed by atoms with Gasteiger partial charge in [0, 0.05) is 10.6 Å². The fourth-order valence-electron chi connectivity index (χ4n) is 1.53. The van der Waals surface area contributed by atoms with E-state index in [0.717, 1.165) is 15.5 Å². The summed E-state index contributed by atoms with van der Waals surface area (Å²) in [5, 5.41) is 4.00. The average molecular weight is 313 g/mol. The molecule has 3 nitrogen and oxygen atoms in total. The number of nitrogens with zero attached hydrogens (tertiary/aromatic N) is 1. The van der Waals surface area contributed by atoms with Crippen molar-refractivity contribution in [3.05, 3.63) is 40.0 Å². The number of aromatic nitrogens is 1. The summed E-state index contributed by atoms with van der Waals surface area (Å²) in [5.41, 5.74) is 2.43. The van der Waals surface area contributed by atoms with Gasteiger partial charge in [-0.25, -0.2) is 4.98 Å². The summed E-state index contributed by atoms with van der Waals surface area (Å²) in [6.07, 6.45) is 1.99. The van der Waals surface area contributed by atoms with E-state index in [1.165, 1.54) is 11.3 Å². The first-order valence-electron chi connectivity index (χ1n) is 5.60. The number of carbonyl (C=O) groups is 1. The van der Waals surface area contributed by atoms with Crippen LogP contribution >= 0.6 is 34.7 Å². The first-order chi connectivity index (χ1) is 9.01. The molecule has 1 heterocycles. The molecule has 0 aliphatic heterocycles. The number of thioether (sulfide) groups is 1.